The summed E-state index contributed by atoms with van der Waals surface area (Å²) in [5.41, 5.74) is 1.06. The molecule has 5 heteroatoms. The van der Waals surface area contributed by atoms with Crippen LogP contribution in [0.3, 0.4) is 0 Å². The van der Waals surface area contributed by atoms with Crippen molar-refractivity contribution >= 4 is 38.3 Å². The predicted molar refractivity (Wildman–Crippen MR) is 96.1 cm³/mol. The highest BCUT2D eigenvalue weighted by atomic mass is 19.4. The van der Waals surface area contributed by atoms with Crippen LogP contribution in [0.25, 0.3) is 32.6 Å². The normalized spacial score (nSPS) is 12.2. The number of hydrogen-bond donors (Lipinski definition) is 0. The second-order valence-corrected chi connectivity index (χ2v) is 6.23. The zero-order chi connectivity index (χ0) is 17.8. The van der Waals surface area contributed by atoms with Gasteiger partial charge in [0.05, 0.1) is 16.6 Å². The van der Waals surface area contributed by atoms with Gasteiger partial charge in [-0.05, 0) is 12.1 Å². The van der Waals surface area contributed by atoms with E-state index in [1.807, 2.05) is 37.2 Å². The molecular formula is C20H15F3N2. The molecule has 0 spiro atoms. The zero-order valence-corrected chi connectivity index (χ0v) is 13.7. The molecule has 2 nitrogen and oxygen atoms in total. The van der Waals surface area contributed by atoms with Crippen LogP contribution >= 0.6 is 0 Å². The molecule has 126 valence electrons. The largest absolute Gasteiger partial charge is 0.417 e. The van der Waals surface area contributed by atoms with Gasteiger partial charge in [0.15, 0.2) is 0 Å². The lowest BCUT2D eigenvalue weighted by Gasteiger charge is -2.18. The molecular weight excluding hydrogens is 325 g/mol. The molecule has 4 aromatic rings. The van der Waals surface area contributed by atoms with Crippen LogP contribution in [0.15, 0.2) is 54.6 Å². The summed E-state index contributed by atoms with van der Waals surface area (Å²) >= 11 is 0. The quantitative estimate of drug-likeness (QED) is 0.330. The van der Waals surface area contributed by atoms with Crippen LogP contribution < -0.4 is 4.90 Å². The van der Waals surface area contributed by atoms with Gasteiger partial charge in [0.25, 0.3) is 0 Å². The average molecular weight is 340 g/mol. The van der Waals surface area contributed by atoms with Gasteiger partial charge in [-0.25, -0.2) is 4.98 Å². The second-order valence-electron chi connectivity index (χ2n) is 6.23. The smallest absolute Gasteiger partial charge is 0.377 e. The molecule has 0 saturated heterocycles. The third kappa shape index (κ3) is 2.38. The van der Waals surface area contributed by atoms with Gasteiger partial charge >= 0.3 is 6.18 Å². The van der Waals surface area contributed by atoms with Crippen LogP contribution in [-0.4, -0.2) is 19.1 Å². The monoisotopic (exact) mass is 340 g/mol. The molecule has 0 bridgehead atoms. The predicted octanol–water partition coefficient (Wildman–Crippen LogP) is 5.63. The Morgan fingerprint density at radius 2 is 1.44 bits per heavy atom. The van der Waals surface area contributed by atoms with Crippen LogP contribution in [0.1, 0.15) is 5.56 Å². The van der Waals surface area contributed by atoms with E-state index in [1.54, 1.807) is 24.3 Å². The van der Waals surface area contributed by atoms with Crippen molar-refractivity contribution in [2.75, 3.05) is 19.0 Å². The van der Waals surface area contributed by atoms with E-state index in [1.165, 1.54) is 12.1 Å². The standard InChI is InChI=1S/C20H15F3N2/c1-25(2)17-9-5-7-13-12(17)10-11-15-18(20(21,22)23)14-6-3-4-8-16(14)24-19(13)15/h3-11H,1-2H3. The summed E-state index contributed by atoms with van der Waals surface area (Å²) in [4.78, 5) is 6.51. The van der Waals surface area contributed by atoms with Crippen molar-refractivity contribution in [3.63, 3.8) is 0 Å². The SMILES string of the molecule is CN(C)c1cccc2c1ccc1c(C(F)(F)F)c3ccccc3nc12. The summed E-state index contributed by atoms with van der Waals surface area (Å²) in [7, 11) is 3.82. The Labute approximate surface area is 142 Å². The Morgan fingerprint density at radius 3 is 2.16 bits per heavy atom. The summed E-state index contributed by atoms with van der Waals surface area (Å²) in [5, 5.41) is 1.87. The topological polar surface area (TPSA) is 16.1 Å². The van der Waals surface area contributed by atoms with E-state index in [0.717, 1.165) is 16.5 Å². The van der Waals surface area contributed by atoms with Crippen LogP contribution in [0.5, 0.6) is 0 Å². The number of halogens is 3. The van der Waals surface area contributed by atoms with E-state index in [-0.39, 0.29) is 10.8 Å². The molecule has 4 rings (SSSR count). The number of hydrogen-bond acceptors (Lipinski definition) is 2. The maximum Gasteiger partial charge on any atom is 0.417 e. The maximum atomic E-state index is 13.8. The Morgan fingerprint density at radius 1 is 0.760 bits per heavy atom. The highest BCUT2D eigenvalue weighted by Crippen LogP contribution is 2.41. The van der Waals surface area contributed by atoms with E-state index >= 15 is 0 Å². The first kappa shape index (κ1) is 15.7. The lowest BCUT2D eigenvalue weighted by Crippen LogP contribution is -2.10. The summed E-state index contributed by atoms with van der Waals surface area (Å²) in [6, 6.07) is 15.3. The molecule has 1 heterocycles. The number of alkyl halides is 3. The minimum Gasteiger partial charge on any atom is -0.377 e. The van der Waals surface area contributed by atoms with Crippen molar-refractivity contribution in [2.45, 2.75) is 6.18 Å². The number of nitrogens with zero attached hydrogens (tertiary/aromatic N) is 2. The first-order valence-electron chi connectivity index (χ1n) is 7.86. The Hall–Kier alpha value is -2.82. The highest BCUT2D eigenvalue weighted by Gasteiger charge is 2.35. The fraction of sp³-hybridized carbons (Fsp3) is 0.150. The molecule has 0 atom stereocenters. The minimum absolute atomic E-state index is 0.130. The number of pyridine rings is 1. The van der Waals surface area contributed by atoms with Gasteiger partial charge < -0.3 is 4.90 Å². The number of aromatic nitrogens is 1. The van der Waals surface area contributed by atoms with Crippen molar-refractivity contribution in [1.29, 1.82) is 0 Å². The van der Waals surface area contributed by atoms with Crippen LogP contribution in [0.4, 0.5) is 18.9 Å². The molecule has 0 unspecified atom stereocenters. The fourth-order valence-electron chi connectivity index (χ4n) is 3.39. The molecule has 25 heavy (non-hydrogen) atoms. The molecule has 0 aliphatic rings. The van der Waals surface area contributed by atoms with Crippen LogP contribution in [0, 0.1) is 0 Å². The minimum atomic E-state index is -4.45. The first-order valence-corrected chi connectivity index (χ1v) is 7.86. The molecule has 0 amide bonds. The molecule has 1 aromatic heterocycles. The van der Waals surface area contributed by atoms with Gasteiger partial charge in [0.1, 0.15) is 0 Å². The third-order valence-corrected chi connectivity index (χ3v) is 4.45. The average Bonchev–Trinajstić information content (AvgIpc) is 2.57. The maximum absolute atomic E-state index is 13.8. The summed E-state index contributed by atoms with van der Waals surface area (Å²) < 4.78 is 41.5. The summed E-state index contributed by atoms with van der Waals surface area (Å²) in [6.07, 6.45) is -4.45. The molecule has 0 N–H and O–H groups in total. The van der Waals surface area contributed by atoms with E-state index in [4.69, 9.17) is 0 Å². The Kier molecular flexibility index (Phi) is 3.35. The highest BCUT2D eigenvalue weighted by molar-refractivity contribution is 6.13. The fourth-order valence-corrected chi connectivity index (χ4v) is 3.39. The Bertz CT molecular complexity index is 1110. The van der Waals surface area contributed by atoms with Crippen molar-refractivity contribution in [1.82, 2.24) is 4.98 Å². The number of para-hydroxylation sites is 1. The third-order valence-electron chi connectivity index (χ3n) is 4.45. The summed E-state index contributed by atoms with van der Waals surface area (Å²) in [6.45, 7) is 0. The number of fused-ring (bicyclic) bond motifs is 4. The van der Waals surface area contributed by atoms with Gasteiger partial charge in [-0.1, -0.05) is 42.5 Å². The van der Waals surface area contributed by atoms with Crippen molar-refractivity contribution in [2.24, 2.45) is 0 Å². The summed E-state index contributed by atoms with van der Waals surface area (Å²) in [5.74, 6) is 0. The lowest BCUT2D eigenvalue weighted by molar-refractivity contribution is -0.135. The molecule has 0 aliphatic heterocycles. The van der Waals surface area contributed by atoms with Crippen molar-refractivity contribution in [3.8, 4) is 0 Å². The Balaban J connectivity index is 2.25. The van der Waals surface area contributed by atoms with E-state index in [2.05, 4.69) is 4.98 Å². The van der Waals surface area contributed by atoms with Crippen LogP contribution in [-0.2, 0) is 6.18 Å². The van der Waals surface area contributed by atoms with Crippen LogP contribution in [0.2, 0.25) is 0 Å². The first-order chi connectivity index (χ1) is 11.9. The molecule has 0 aliphatic carbocycles. The molecule has 0 saturated carbocycles. The van der Waals surface area contributed by atoms with Gasteiger partial charge in [-0.2, -0.15) is 13.2 Å². The number of anilines is 1. The number of benzene rings is 3. The number of rotatable bonds is 1. The second kappa shape index (κ2) is 5.34. The molecule has 0 fully saturated rings. The van der Waals surface area contributed by atoms with Crippen molar-refractivity contribution < 1.29 is 13.2 Å². The van der Waals surface area contributed by atoms with Gasteiger partial charge in [0, 0.05) is 41.3 Å². The van der Waals surface area contributed by atoms with E-state index < -0.39 is 11.7 Å². The van der Waals surface area contributed by atoms with Gasteiger partial charge in [0.2, 0.25) is 0 Å². The lowest BCUT2D eigenvalue weighted by atomic mass is 9.97. The van der Waals surface area contributed by atoms with E-state index in [0.29, 0.717) is 11.0 Å². The molecule has 3 aromatic carbocycles. The van der Waals surface area contributed by atoms with Gasteiger partial charge in [-0.15, -0.1) is 0 Å². The van der Waals surface area contributed by atoms with E-state index in [9.17, 15) is 13.2 Å². The van der Waals surface area contributed by atoms with Gasteiger partial charge in [-0.3, -0.25) is 0 Å². The van der Waals surface area contributed by atoms with Crippen molar-refractivity contribution in [3.05, 3.63) is 60.2 Å². The zero-order valence-electron chi connectivity index (χ0n) is 13.7. The molecule has 0 radical (unpaired) electrons.